The maximum absolute atomic E-state index is 10.3. The summed E-state index contributed by atoms with van der Waals surface area (Å²) in [7, 11) is 0. The molecule has 0 aliphatic heterocycles. The minimum Gasteiger partial charge on any atom is -0.550 e. The van der Waals surface area contributed by atoms with Crippen molar-refractivity contribution in [3.63, 3.8) is 0 Å². The number of hydrogen-bond donors (Lipinski definition) is 1. The van der Waals surface area contributed by atoms with Crippen LogP contribution in [0.4, 0.5) is 0 Å². The number of allylic oxidation sites excluding steroid dienone is 2. The van der Waals surface area contributed by atoms with Gasteiger partial charge in [0.1, 0.15) is 0 Å². The fraction of sp³-hybridized carbons (Fsp3) is 0.833. The molecule has 1 N–H and O–H groups in total. The third-order valence-electron chi connectivity index (χ3n) is 3.70. The van der Waals surface area contributed by atoms with Gasteiger partial charge in [0.2, 0.25) is 0 Å². The largest absolute Gasteiger partial charge is 1.00 e. The summed E-state index contributed by atoms with van der Waals surface area (Å²) in [4.78, 5) is 10.3. The van der Waals surface area contributed by atoms with Gasteiger partial charge in [0.05, 0.1) is 6.10 Å². The van der Waals surface area contributed by atoms with E-state index in [1.807, 2.05) is 0 Å². The number of aliphatic hydroxyl groups is 1. The van der Waals surface area contributed by atoms with Gasteiger partial charge in [-0.15, -0.1) is 0 Å². The van der Waals surface area contributed by atoms with Gasteiger partial charge in [-0.3, -0.25) is 0 Å². The van der Waals surface area contributed by atoms with E-state index in [2.05, 4.69) is 19.1 Å². The maximum atomic E-state index is 10.3. The van der Waals surface area contributed by atoms with Gasteiger partial charge in [-0.1, -0.05) is 64.0 Å². The number of hydrogen-bond acceptors (Lipinski definition) is 3. The Hall–Kier alpha value is 0.806. The minimum atomic E-state index is -1.16. The fourth-order valence-electron chi connectivity index (χ4n) is 2.39. The first-order valence-corrected chi connectivity index (χ1v) is 8.69. The third kappa shape index (κ3) is 20.8. The first-order valence-electron chi connectivity index (χ1n) is 8.69. The van der Waals surface area contributed by atoms with Crippen molar-refractivity contribution >= 4 is 5.97 Å². The van der Waals surface area contributed by atoms with E-state index in [9.17, 15) is 15.0 Å². The van der Waals surface area contributed by atoms with Crippen LogP contribution in [0.5, 0.6) is 0 Å². The molecule has 0 radical (unpaired) electrons. The van der Waals surface area contributed by atoms with Crippen LogP contribution in [0.15, 0.2) is 12.2 Å². The monoisotopic (exact) mass is 336 g/mol. The maximum Gasteiger partial charge on any atom is 1.00 e. The topological polar surface area (TPSA) is 60.4 Å². The molecule has 0 aliphatic rings. The average molecular weight is 337 g/mol. The van der Waals surface area contributed by atoms with Gasteiger partial charge < -0.3 is 15.0 Å². The number of carbonyl (C=O) groups is 1. The molecule has 1 unspecified atom stereocenters. The van der Waals surface area contributed by atoms with Gasteiger partial charge in [-0.05, 0) is 32.1 Å². The van der Waals surface area contributed by atoms with Crippen molar-refractivity contribution in [2.24, 2.45) is 0 Å². The molecule has 0 aromatic rings. The Balaban J connectivity index is 0. The van der Waals surface area contributed by atoms with Gasteiger partial charge in [0, 0.05) is 12.4 Å². The molecule has 0 saturated carbocycles. The van der Waals surface area contributed by atoms with Crippen LogP contribution in [-0.2, 0) is 4.79 Å². The molecule has 0 rings (SSSR count). The van der Waals surface area contributed by atoms with Gasteiger partial charge in [0.15, 0.2) is 0 Å². The Labute approximate surface area is 179 Å². The normalized spacial score (nSPS) is 12.3. The van der Waals surface area contributed by atoms with Crippen LogP contribution in [-0.4, -0.2) is 17.2 Å². The SMILES string of the molecule is CCCCCC/C=C/CCCCCCCC(O)CC(=O)[O-].[K+]. The standard InChI is InChI=1S/C18H34O3.K/c1-2-3-4-5-6-7-8-9-10-11-12-13-14-15-17(19)16-18(20)21;/h7-8,17,19H,2-6,9-16H2,1H3,(H,20,21);/q;+1/p-1/b8-7+;. The molecule has 0 aromatic carbocycles. The first kappa shape index (κ1) is 25.1. The Kier molecular flexibility index (Phi) is 22.6. The van der Waals surface area contributed by atoms with Crippen molar-refractivity contribution in [2.45, 2.75) is 96.5 Å². The van der Waals surface area contributed by atoms with E-state index in [1.54, 1.807) is 0 Å². The van der Waals surface area contributed by atoms with Crippen LogP contribution in [0.3, 0.4) is 0 Å². The molecular weight excluding hydrogens is 303 g/mol. The van der Waals surface area contributed by atoms with Crippen molar-refractivity contribution in [1.29, 1.82) is 0 Å². The number of aliphatic hydroxyl groups excluding tert-OH is 1. The smallest absolute Gasteiger partial charge is 0.550 e. The average Bonchev–Trinajstić information content (AvgIpc) is 2.43. The molecular formula is C18H33KO3. The number of carbonyl (C=O) groups excluding carboxylic acids is 1. The number of carboxylic acids is 1. The second-order valence-electron chi connectivity index (χ2n) is 5.90. The van der Waals surface area contributed by atoms with Gasteiger partial charge in [0.25, 0.3) is 0 Å². The molecule has 0 aromatic heterocycles. The van der Waals surface area contributed by atoms with Crippen LogP contribution in [0.25, 0.3) is 0 Å². The molecule has 124 valence electrons. The fourth-order valence-corrected chi connectivity index (χ4v) is 2.39. The molecule has 0 bridgehead atoms. The Morgan fingerprint density at radius 1 is 0.955 bits per heavy atom. The Morgan fingerprint density at radius 3 is 2.00 bits per heavy atom. The van der Waals surface area contributed by atoms with E-state index < -0.39 is 12.1 Å². The molecule has 22 heavy (non-hydrogen) atoms. The Bertz CT molecular complexity index is 267. The molecule has 0 heterocycles. The van der Waals surface area contributed by atoms with E-state index >= 15 is 0 Å². The van der Waals surface area contributed by atoms with Crippen molar-refractivity contribution in [2.75, 3.05) is 0 Å². The van der Waals surface area contributed by atoms with Crippen molar-refractivity contribution in [1.82, 2.24) is 0 Å². The zero-order chi connectivity index (χ0) is 15.8. The van der Waals surface area contributed by atoms with E-state index in [1.165, 1.54) is 57.8 Å². The second kappa shape index (κ2) is 19.9. The van der Waals surface area contributed by atoms with Gasteiger partial charge in [-0.25, -0.2) is 0 Å². The summed E-state index contributed by atoms with van der Waals surface area (Å²) in [5.41, 5.74) is 0. The molecule has 3 nitrogen and oxygen atoms in total. The predicted octanol–water partition coefficient (Wildman–Crippen LogP) is 0.749. The number of carboxylic acid groups (broad SMARTS) is 1. The molecule has 0 saturated heterocycles. The molecule has 4 heteroatoms. The van der Waals surface area contributed by atoms with Gasteiger partial charge >= 0.3 is 51.4 Å². The molecule has 0 spiro atoms. The second-order valence-corrected chi connectivity index (χ2v) is 5.90. The van der Waals surface area contributed by atoms with Crippen LogP contribution in [0.1, 0.15) is 90.4 Å². The molecule has 0 fully saturated rings. The summed E-state index contributed by atoms with van der Waals surface area (Å²) in [6.07, 6.45) is 17.5. The summed E-state index contributed by atoms with van der Waals surface area (Å²) in [5, 5.41) is 19.6. The summed E-state index contributed by atoms with van der Waals surface area (Å²) in [5.74, 6) is -1.16. The first-order chi connectivity index (χ1) is 10.2. The van der Waals surface area contributed by atoms with Gasteiger partial charge in [-0.2, -0.15) is 0 Å². The molecule has 0 aliphatic carbocycles. The minimum absolute atomic E-state index is 0. The van der Waals surface area contributed by atoms with Crippen molar-refractivity contribution in [3.8, 4) is 0 Å². The number of rotatable bonds is 15. The zero-order valence-electron chi connectivity index (χ0n) is 14.7. The van der Waals surface area contributed by atoms with Crippen molar-refractivity contribution < 1.29 is 66.4 Å². The molecule has 0 amide bonds. The van der Waals surface area contributed by atoms with E-state index in [4.69, 9.17) is 0 Å². The number of aliphatic carboxylic acids is 1. The van der Waals surface area contributed by atoms with E-state index in [0.29, 0.717) is 6.42 Å². The third-order valence-corrected chi connectivity index (χ3v) is 3.70. The van der Waals surface area contributed by atoms with Crippen molar-refractivity contribution in [3.05, 3.63) is 12.2 Å². The quantitative estimate of drug-likeness (QED) is 0.273. The number of unbranched alkanes of at least 4 members (excludes halogenated alkanes) is 9. The molecule has 1 atom stereocenters. The summed E-state index contributed by atoms with van der Waals surface area (Å²) in [6, 6.07) is 0. The summed E-state index contributed by atoms with van der Waals surface area (Å²) >= 11 is 0. The van der Waals surface area contributed by atoms with Crippen LogP contribution < -0.4 is 56.5 Å². The van der Waals surface area contributed by atoms with E-state index in [-0.39, 0.29) is 57.8 Å². The van der Waals surface area contributed by atoms with E-state index in [0.717, 1.165) is 12.8 Å². The Morgan fingerprint density at radius 2 is 1.45 bits per heavy atom. The summed E-state index contributed by atoms with van der Waals surface area (Å²) in [6.45, 7) is 2.24. The summed E-state index contributed by atoms with van der Waals surface area (Å²) < 4.78 is 0. The van der Waals surface area contributed by atoms with Crippen LogP contribution in [0, 0.1) is 0 Å². The van der Waals surface area contributed by atoms with Crippen LogP contribution in [0.2, 0.25) is 0 Å². The van der Waals surface area contributed by atoms with Crippen LogP contribution >= 0.6 is 0 Å². The zero-order valence-corrected chi connectivity index (χ0v) is 17.8. The predicted molar refractivity (Wildman–Crippen MR) is 85.8 cm³/mol.